The van der Waals surface area contributed by atoms with Gasteiger partial charge in [-0.2, -0.15) is 0 Å². The smallest absolute Gasteiger partial charge is 0.164 e. The maximum absolute atomic E-state index is 5.08. The lowest BCUT2D eigenvalue weighted by molar-refractivity contribution is 0.521. The lowest BCUT2D eigenvalue weighted by atomic mass is 9.59. The molecule has 1 aliphatic carbocycles. The normalized spacial score (nSPS) is 15.9. The number of fused-ring (bicyclic) bond motifs is 4. The van der Waals surface area contributed by atoms with Crippen molar-refractivity contribution < 1.29 is 0 Å². The van der Waals surface area contributed by atoms with Crippen molar-refractivity contribution in [2.45, 2.75) is 57.8 Å². The molecule has 0 unspecified atom stereocenters. The number of para-hydroxylation sites is 2. The lowest BCUT2D eigenvalue weighted by Crippen LogP contribution is -2.37. The molecule has 0 fully saturated rings. The van der Waals surface area contributed by atoms with E-state index in [1.54, 1.807) is 0 Å². The van der Waals surface area contributed by atoms with E-state index in [0.717, 1.165) is 16.7 Å². The highest BCUT2D eigenvalue weighted by molar-refractivity contribution is 5.86. The van der Waals surface area contributed by atoms with E-state index >= 15 is 0 Å². The minimum atomic E-state index is -0.294. The highest BCUT2D eigenvalue weighted by atomic mass is 15.2. The highest BCUT2D eigenvalue weighted by Gasteiger charge is 2.43. The Balaban J connectivity index is 1.20. The largest absolute Gasteiger partial charge is 0.310 e. The molecule has 0 atom stereocenters. The molecule has 0 spiro atoms. The van der Waals surface area contributed by atoms with Gasteiger partial charge in [-0.05, 0) is 63.7 Å². The summed E-state index contributed by atoms with van der Waals surface area (Å²) in [5.74, 6) is 2.01. The molecule has 0 radical (unpaired) electrons. The molecule has 1 aliphatic heterocycles. The maximum Gasteiger partial charge on any atom is 0.164 e. The molecule has 2 aliphatic rings. The first-order valence-corrected chi connectivity index (χ1v) is 18.2. The van der Waals surface area contributed by atoms with E-state index in [-0.39, 0.29) is 16.2 Å². The van der Waals surface area contributed by atoms with Gasteiger partial charge in [-0.15, -0.1) is 0 Å². The molecule has 1 aromatic heterocycles. The molecule has 0 saturated heterocycles. The van der Waals surface area contributed by atoms with Crippen LogP contribution in [0.15, 0.2) is 146 Å². The number of anilines is 3. The minimum Gasteiger partial charge on any atom is -0.310 e. The first kappa shape index (κ1) is 32.1. The Kier molecular flexibility index (Phi) is 7.14. The van der Waals surface area contributed by atoms with Gasteiger partial charge in [0, 0.05) is 38.6 Å². The molecule has 7 aromatic rings. The van der Waals surface area contributed by atoms with E-state index in [1.165, 1.54) is 50.4 Å². The predicted octanol–water partition coefficient (Wildman–Crippen LogP) is 11.9. The number of nitrogens with zero attached hydrogens (tertiary/aromatic N) is 4. The van der Waals surface area contributed by atoms with Crippen molar-refractivity contribution in [3.05, 3.63) is 179 Å². The van der Waals surface area contributed by atoms with Crippen molar-refractivity contribution in [3.63, 3.8) is 0 Å². The molecule has 0 N–H and O–H groups in total. The summed E-state index contributed by atoms with van der Waals surface area (Å²) in [6.07, 6.45) is 0. The quantitative estimate of drug-likeness (QED) is 0.186. The Morgan fingerprint density at radius 2 is 0.750 bits per heavy atom. The predicted molar refractivity (Wildman–Crippen MR) is 214 cm³/mol. The molecule has 9 rings (SSSR count). The second-order valence-corrected chi connectivity index (χ2v) is 15.8. The summed E-state index contributed by atoms with van der Waals surface area (Å²) in [7, 11) is 0. The first-order chi connectivity index (χ1) is 25.0. The minimum absolute atomic E-state index is 0.107. The average Bonchev–Trinajstić information content (AvgIpc) is 3.18. The molecule has 6 aromatic carbocycles. The fraction of sp³-hybridized carbons (Fsp3) is 0.188. The Hall–Kier alpha value is -5.87. The number of benzene rings is 6. The van der Waals surface area contributed by atoms with Crippen LogP contribution in [0.1, 0.15) is 74.9 Å². The van der Waals surface area contributed by atoms with Crippen LogP contribution in [0.3, 0.4) is 0 Å². The topological polar surface area (TPSA) is 41.9 Å². The summed E-state index contributed by atoms with van der Waals surface area (Å²) in [5, 5.41) is 0. The fourth-order valence-electron chi connectivity index (χ4n) is 8.65. The molecule has 2 heterocycles. The molecule has 52 heavy (non-hydrogen) atoms. The second-order valence-electron chi connectivity index (χ2n) is 15.8. The van der Waals surface area contributed by atoms with Gasteiger partial charge in [0.05, 0.1) is 11.4 Å². The number of hydrogen-bond donors (Lipinski definition) is 0. The van der Waals surface area contributed by atoms with Crippen LogP contribution in [0.2, 0.25) is 0 Å². The van der Waals surface area contributed by atoms with Crippen LogP contribution in [0.25, 0.3) is 34.2 Å². The third kappa shape index (κ3) is 4.85. The zero-order chi connectivity index (χ0) is 35.8. The van der Waals surface area contributed by atoms with Crippen molar-refractivity contribution in [3.8, 4) is 34.2 Å². The molecule has 4 heteroatoms. The van der Waals surface area contributed by atoms with Gasteiger partial charge in [-0.3, -0.25) is 0 Å². The second kappa shape index (κ2) is 11.6. The highest BCUT2D eigenvalue weighted by Crippen LogP contribution is 2.55. The number of hydrogen-bond acceptors (Lipinski definition) is 4. The van der Waals surface area contributed by atoms with E-state index in [4.69, 9.17) is 15.0 Å². The van der Waals surface area contributed by atoms with Gasteiger partial charge in [-0.1, -0.05) is 157 Å². The summed E-state index contributed by atoms with van der Waals surface area (Å²) in [4.78, 5) is 17.6. The van der Waals surface area contributed by atoms with Gasteiger partial charge in [0.15, 0.2) is 17.5 Å². The van der Waals surface area contributed by atoms with Crippen molar-refractivity contribution in [2.75, 3.05) is 4.90 Å². The monoisotopic (exact) mass is 674 g/mol. The van der Waals surface area contributed by atoms with Crippen LogP contribution in [-0.4, -0.2) is 15.0 Å². The zero-order valence-electron chi connectivity index (χ0n) is 30.6. The standard InChI is InChI=1S/C48H42N4/c1-46(2)35-27-25-33(45-50-43(31-17-9-7-10-18-31)49-44(51-45)32-19-11-8-12-20-32)29-39(35)48(5,6)40-30-34(26-28-36(40)46)52-41-23-15-13-21-37(41)47(3,4)38-22-14-16-24-42(38)52/h7-30H,1-6H3. The first-order valence-electron chi connectivity index (χ1n) is 18.2. The summed E-state index contributed by atoms with van der Waals surface area (Å²) in [6.45, 7) is 14.1. The summed E-state index contributed by atoms with van der Waals surface area (Å²) >= 11 is 0. The molecule has 0 bridgehead atoms. The van der Waals surface area contributed by atoms with Crippen LogP contribution < -0.4 is 4.90 Å². The summed E-state index contributed by atoms with van der Waals surface area (Å²) < 4.78 is 0. The van der Waals surface area contributed by atoms with Gasteiger partial charge in [-0.25, -0.2) is 15.0 Å². The SMILES string of the molecule is CC1(C)c2ccccc2N(c2ccc3c(c2)C(C)(C)c2cc(-c4nc(-c5ccccc5)nc(-c5ccccc5)n4)ccc2C3(C)C)c2ccccc21. The van der Waals surface area contributed by atoms with Gasteiger partial charge < -0.3 is 4.90 Å². The summed E-state index contributed by atoms with van der Waals surface area (Å²) in [6, 6.07) is 52.1. The van der Waals surface area contributed by atoms with Crippen LogP contribution in [0, 0.1) is 0 Å². The Morgan fingerprint density at radius 1 is 0.346 bits per heavy atom. The third-order valence-electron chi connectivity index (χ3n) is 11.6. The van der Waals surface area contributed by atoms with Crippen LogP contribution in [-0.2, 0) is 16.2 Å². The molecule has 0 saturated carbocycles. The van der Waals surface area contributed by atoms with Crippen LogP contribution in [0.5, 0.6) is 0 Å². The van der Waals surface area contributed by atoms with Crippen LogP contribution in [0.4, 0.5) is 17.1 Å². The van der Waals surface area contributed by atoms with E-state index in [0.29, 0.717) is 17.5 Å². The lowest BCUT2D eigenvalue weighted by Gasteiger charge is -2.45. The van der Waals surface area contributed by atoms with Gasteiger partial charge in [0.25, 0.3) is 0 Å². The molecule has 4 nitrogen and oxygen atoms in total. The zero-order valence-corrected chi connectivity index (χ0v) is 30.6. The van der Waals surface area contributed by atoms with Crippen molar-refractivity contribution >= 4 is 17.1 Å². The molecule has 254 valence electrons. The third-order valence-corrected chi connectivity index (χ3v) is 11.6. The molecule has 0 amide bonds. The van der Waals surface area contributed by atoms with Crippen LogP contribution >= 0.6 is 0 Å². The van der Waals surface area contributed by atoms with Gasteiger partial charge in [0.1, 0.15) is 0 Å². The van der Waals surface area contributed by atoms with E-state index < -0.39 is 0 Å². The van der Waals surface area contributed by atoms with E-state index in [2.05, 4.69) is 156 Å². The van der Waals surface area contributed by atoms with E-state index in [1.807, 2.05) is 36.4 Å². The van der Waals surface area contributed by atoms with Crippen molar-refractivity contribution in [1.29, 1.82) is 0 Å². The van der Waals surface area contributed by atoms with E-state index in [9.17, 15) is 0 Å². The van der Waals surface area contributed by atoms with Gasteiger partial charge in [0.2, 0.25) is 0 Å². The molecular formula is C48H42N4. The Bertz CT molecular complexity index is 2390. The summed E-state index contributed by atoms with van der Waals surface area (Å²) in [5.41, 5.74) is 14.0. The maximum atomic E-state index is 5.08. The number of aromatic nitrogens is 3. The number of rotatable bonds is 4. The fourth-order valence-corrected chi connectivity index (χ4v) is 8.65. The molecular weight excluding hydrogens is 633 g/mol. The van der Waals surface area contributed by atoms with Crippen molar-refractivity contribution in [1.82, 2.24) is 15.0 Å². The Labute approximate surface area is 306 Å². The van der Waals surface area contributed by atoms with Gasteiger partial charge >= 0.3 is 0 Å². The Morgan fingerprint density at radius 3 is 1.29 bits per heavy atom. The average molecular weight is 675 g/mol. The van der Waals surface area contributed by atoms with Crippen molar-refractivity contribution in [2.24, 2.45) is 0 Å².